The highest BCUT2D eigenvalue weighted by molar-refractivity contribution is 5.73. The lowest BCUT2D eigenvalue weighted by atomic mass is 9.79. The van der Waals surface area contributed by atoms with Crippen LogP contribution in [0.15, 0.2) is 0 Å². The molecule has 1 aliphatic carbocycles. The van der Waals surface area contributed by atoms with Gasteiger partial charge in [0.15, 0.2) is 0 Å². The van der Waals surface area contributed by atoms with Crippen LogP contribution < -0.4 is 5.32 Å². The highest BCUT2D eigenvalue weighted by atomic mass is 16.4. The van der Waals surface area contributed by atoms with Gasteiger partial charge in [-0.05, 0) is 31.2 Å². The van der Waals surface area contributed by atoms with Crippen LogP contribution in [0.2, 0.25) is 0 Å². The first-order chi connectivity index (χ1) is 6.75. The minimum atomic E-state index is -0.671. The molecular weight excluding hydrogens is 178 g/mol. The van der Waals surface area contributed by atoms with E-state index in [1.807, 2.05) is 0 Å². The zero-order valence-electron chi connectivity index (χ0n) is 8.54. The molecule has 3 heteroatoms. The summed E-state index contributed by atoms with van der Waals surface area (Å²) in [5.41, 5.74) is 0. The Morgan fingerprint density at radius 1 is 1.07 bits per heavy atom. The molecular formula is C11H19NO2. The summed E-state index contributed by atoms with van der Waals surface area (Å²) in [5.74, 6) is 0.833. The quantitative estimate of drug-likeness (QED) is 0.671. The lowest BCUT2D eigenvalue weighted by Gasteiger charge is -2.27. The van der Waals surface area contributed by atoms with Gasteiger partial charge in [-0.15, -0.1) is 0 Å². The second-order valence-electron chi connectivity index (χ2n) is 4.76. The summed E-state index contributed by atoms with van der Waals surface area (Å²) in [6.45, 7) is 0.883. The lowest BCUT2D eigenvalue weighted by molar-refractivity contribution is -0.140. The van der Waals surface area contributed by atoms with Crippen LogP contribution in [0.3, 0.4) is 0 Å². The van der Waals surface area contributed by atoms with Crippen LogP contribution in [-0.4, -0.2) is 23.7 Å². The Kier molecular flexibility index (Phi) is 3.06. The van der Waals surface area contributed by atoms with Crippen molar-refractivity contribution in [3.05, 3.63) is 0 Å². The molecule has 14 heavy (non-hydrogen) atoms. The molecule has 2 N–H and O–H groups in total. The SMILES string of the molecule is O=C(O)C1CC2CCC(CCN1)CC2. The van der Waals surface area contributed by atoms with Gasteiger partial charge in [0.2, 0.25) is 0 Å². The molecule has 2 saturated heterocycles. The minimum Gasteiger partial charge on any atom is -0.480 e. The van der Waals surface area contributed by atoms with E-state index in [9.17, 15) is 4.79 Å². The third kappa shape index (κ3) is 2.27. The minimum absolute atomic E-state index is 0.295. The van der Waals surface area contributed by atoms with Crippen molar-refractivity contribution in [2.24, 2.45) is 11.8 Å². The van der Waals surface area contributed by atoms with Gasteiger partial charge in [-0.1, -0.05) is 25.7 Å². The number of nitrogens with one attached hydrogen (secondary N) is 1. The van der Waals surface area contributed by atoms with Crippen molar-refractivity contribution in [2.45, 2.75) is 44.6 Å². The number of aliphatic carboxylic acids is 1. The molecule has 3 rings (SSSR count). The van der Waals surface area contributed by atoms with E-state index < -0.39 is 5.97 Å². The normalized spacial score (nSPS) is 38.4. The first-order valence-electron chi connectivity index (χ1n) is 5.72. The van der Waals surface area contributed by atoms with Crippen LogP contribution in [0.4, 0.5) is 0 Å². The molecule has 3 fully saturated rings. The summed E-state index contributed by atoms with van der Waals surface area (Å²) >= 11 is 0. The molecule has 2 aliphatic heterocycles. The molecule has 0 aromatic carbocycles. The van der Waals surface area contributed by atoms with Crippen molar-refractivity contribution in [3.8, 4) is 0 Å². The molecule has 3 nitrogen and oxygen atoms in total. The number of rotatable bonds is 1. The number of carbonyl (C=O) groups is 1. The first-order valence-corrected chi connectivity index (χ1v) is 5.72. The Morgan fingerprint density at radius 2 is 1.71 bits per heavy atom. The first kappa shape index (κ1) is 9.97. The summed E-state index contributed by atoms with van der Waals surface area (Å²) in [7, 11) is 0. The summed E-state index contributed by atoms with van der Waals surface area (Å²) in [6.07, 6.45) is 7.13. The van der Waals surface area contributed by atoms with E-state index in [0.717, 1.165) is 25.3 Å². The summed E-state index contributed by atoms with van der Waals surface area (Å²) in [4.78, 5) is 10.9. The predicted octanol–water partition coefficient (Wildman–Crippen LogP) is 1.63. The van der Waals surface area contributed by atoms with Crippen molar-refractivity contribution in [2.75, 3.05) is 6.54 Å². The molecule has 1 unspecified atom stereocenters. The fourth-order valence-corrected chi connectivity index (χ4v) is 2.82. The van der Waals surface area contributed by atoms with Gasteiger partial charge in [0, 0.05) is 0 Å². The molecule has 0 radical (unpaired) electrons. The Morgan fingerprint density at radius 3 is 2.36 bits per heavy atom. The van der Waals surface area contributed by atoms with E-state index in [1.54, 1.807) is 0 Å². The monoisotopic (exact) mass is 197 g/mol. The van der Waals surface area contributed by atoms with Crippen LogP contribution in [0.1, 0.15) is 38.5 Å². The predicted molar refractivity (Wildman–Crippen MR) is 54.1 cm³/mol. The maximum atomic E-state index is 10.9. The fraction of sp³-hybridized carbons (Fsp3) is 0.909. The molecule has 80 valence electrons. The van der Waals surface area contributed by atoms with E-state index in [4.69, 9.17) is 5.11 Å². The largest absolute Gasteiger partial charge is 0.480 e. The number of hydrogen-bond donors (Lipinski definition) is 2. The second kappa shape index (κ2) is 4.30. The standard InChI is InChI=1S/C11H19NO2/c13-11(14)10-7-9-3-1-8(2-4-9)5-6-12-10/h8-10,12H,1-7H2,(H,13,14). The smallest absolute Gasteiger partial charge is 0.320 e. The van der Waals surface area contributed by atoms with Gasteiger partial charge >= 0.3 is 5.97 Å². The number of carboxylic acids is 1. The van der Waals surface area contributed by atoms with E-state index in [1.165, 1.54) is 25.7 Å². The maximum absolute atomic E-state index is 10.9. The Balaban J connectivity index is 2.00. The van der Waals surface area contributed by atoms with Crippen molar-refractivity contribution < 1.29 is 9.90 Å². The van der Waals surface area contributed by atoms with Gasteiger partial charge in [-0.25, -0.2) is 0 Å². The van der Waals surface area contributed by atoms with Gasteiger partial charge in [-0.2, -0.15) is 0 Å². The van der Waals surface area contributed by atoms with Crippen molar-refractivity contribution >= 4 is 5.97 Å². The van der Waals surface area contributed by atoms with Crippen LogP contribution in [0.25, 0.3) is 0 Å². The van der Waals surface area contributed by atoms with Gasteiger partial charge in [-0.3, -0.25) is 4.79 Å². The Bertz CT molecular complexity index is 209. The third-order valence-electron chi connectivity index (χ3n) is 3.78. The van der Waals surface area contributed by atoms with E-state index >= 15 is 0 Å². The topological polar surface area (TPSA) is 49.3 Å². The number of hydrogen-bond acceptors (Lipinski definition) is 2. The Labute approximate surface area is 84.9 Å². The molecule has 1 atom stereocenters. The van der Waals surface area contributed by atoms with E-state index in [-0.39, 0.29) is 6.04 Å². The van der Waals surface area contributed by atoms with Crippen LogP contribution in [0.5, 0.6) is 0 Å². The molecule has 0 spiro atoms. The molecule has 0 aromatic heterocycles. The van der Waals surface area contributed by atoms with Crippen molar-refractivity contribution in [1.82, 2.24) is 5.32 Å². The molecule has 0 aromatic rings. The van der Waals surface area contributed by atoms with Gasteiger partial charge in [0.1, 0.15) is 6.04 Å². The van der Waals surface area contributed by atoms with Crippen molar-refractivity contribution in [3.63, 3.8) is 0 Å². The summed E-state index contributed by atoms with van der Waals surface area (Å²) in [6, 6.07) is -0.295. The van der Waals surface area contributed by atoms with Gasteiger partial charge in [0.25, 0.3) is 0 Å². The summed E-state index contributed by atoms with van der Waals surface area (Å²) in [5, 5.41) is 12.2. The number of fused-ring (bicyclic) bond motifs is 6. The lowest BCUT2D eigenvalue weighted by Crippen LogP contribution is -2.38. The second-order valence-corrected chi connectivity index (χ2v) is 4.76. The molecule has 0 amide bonds. The third-order valence-corrected chi connectivity index (χ3v) is 3.78. The van der Waals surface area contributed by atoms with Crippen LogP contribution in [-0.2, 0) is 4.79 Å². The number of carboxylic acid groups (broad SMARTS) is 1. The molecule has 2 heterocycles. The molecule has 2 bridgehead atoms. The van der Waals surface area contributed by atoms with E-state index in [0.29, 0.717) is 5.92 Å². The van der Waals surface area contributed by atoms with Crippen LogP contribution in [0, 0.1) is 11.8 Å². The maximum Gasteiger partial charge on any atom is 0.320 e. The zero-order chi connectivity index (χ0) is 9.97. The van der Waals surface area contributed by atoms with Gasteiger partial charge < -0.3 is 10.4 Å². The zero-order valence-corrected chi connectivity index (χ0v) is 8.54. The molecule has 1 saturated carbocycles. The van der Waals surface area contributed by atoms with Gasteiger partial charge in [0.05, 0.1) is 0 Å². The van der Waals surface area contributed by atoms with E-state index in [2.05, 4.69) is 5.32 Å². The summed E-state index contributed by atoms with van der Waals surface area (Å²) < 4.78 is 0. The Hall–Kier alpha value is -0.570. The molecule has 3 aliphatic rings. The average Bonchev–Trinajstić information content (AvgIpc) is 2.33. The fourth-order valence-electron chi connectivity index (χ4n) is 2.82. The highest BCUT2D eigenvalue weighted by Crippen LogP contribution is 2.34. The average molecular weight is 197 g/mol. The van der Waals surface area contributed by atoms with Crippen LogP contribution >= 0.6 is 0 Å². The highest BCUT2D eigenvalue weighted by Gasteiger charge is 2.28. The van der Waals surface area contributed by atoms with Crippen molar-refractivity contribution in [1.29, 1.82) is 0 Å².